The Bertz CT molecular complexity index is 321. The summed E-state index contributed by atoms with van der Waals surface area (Å²) in [4.78, 5) is 0. The summed E-state index contributed by atoms with van der Waals surface area (Å²) in [5.74, 6) is 0.942. The van der Waals surface area contributed by atoms with Crippen LogP contribution in [0, 0.1) is 0 Å². The van der Waals surface area contributed by atoms with E-state index in [2.05, 4.69) is 55.5 Å². The van der Waals surface area contributed by atoms with Crippen LogP contribution in [0.3, 0.4) is 0 Å². The van der Waals surface area contributed by atoms with E-state index in [-0.39, 0.29) is 11.6 Å². The molecule has 0 aliphatic carbocycles. The topological polar surface area (TPSA) is 55.6 Å². The van der Waals surface area contributed by atoms with Crippen molar-refractivity contribution >= 4 is 0 Å². The molecule has 0 bridgehead atoms. The molecule has 1 unspecified atom stereocenters. The van der Waals surface area contributed by atoms with Gasteiger partial charge in [0.25, 0.3) is 0 Å². The van der Waals surface area contributed by atoms with Crippen LogP contribution in [0.4, 0.5) is 0 Å². The molecule has 0 aromatic carbocycles. The lowest BCUT2D eigenvalue weighted by Crippen LogP contribution is -2.36. The molecule has 5 heteroatoms. The van der Waals surface area contributed by atoms with Gasteiger partial charge >= 0.3 is 0 Å². The van der Waals surface area contributed by atoms with E-state index in [1.54, 1.807) is 0 Å². The fourth-order valence-electron chi connectivity index (χ4n) is 2.40. The summed E-state index contributed by atoms with van der Waals surface area (Å²) in [6.45, 7) is 11.7. The first kappa shape index (κ1) is 14.1. The number of nitrogens with zero attached hydrogens (tertiary/aromatic N) is 4. The smallest absolute Gasteiger partial charge is 0.168 e. The molecule has 1 rings (SSSR count). The van der Waals surface area contributed by atoms with Crippen LogP contribution >= 0.6 is 0 Å². The zero-order valence-electron chi connectivity index (χ0n) is 11.7. The first-order chi connectivity index (χ1) is 8.15. The third-order valence-electron chi connectivity index (χ3n) is 3.81. The van der Waals surface area contributed by atoms with Gasteiger partial charge in [-0.15, -0.1) is 5.10 Å². The first-order valence-electron chi connectivity index (χ1n) is 6.67. The fourth-order valence-corrected chi connectivity index (χ4v) is 2.40. The Hall–Kier alpha value is -0.970. The molecule has 0 saturated heterocycles. The van der Waals surface area contributed by atoms with Crippen molar-refractivity contribution in [3.8, 4) is 0 Å². The maximum atomic E-state index is 4.22. The van der Waals surface area contributed by atoms with Crippen molar-refractivity contribution in [2.45, 2.75) is 65.5 Å². The molecule has 0 aliphatic rings. The molecule has 5 nitrogen and oxygen atoms in total. The Morgan fingerprint density at radius 3 is 2.24 bits per heavy atom. The van der Waals surface area contributed by atoms with Gasteiger partial charge < -0.3 is 5.32 Å². The zero-order chi connectivity index (χ0) is 12.9. The highest BCUT2D eigenvalue weighted by Gasteiger charge is 2.31. The van der Waals surface area contributed by atoms with E-state index in [0.717, 1.165) is 31.6 Å². The molecule has 0 aliphatic heterocycles. The van der Waals surface area contributed by atoms with Gasteiger partial charge in [0.05, 0.1) is 11.6 Å². The van der Waals surface area contributed by atoms with Crippen molar-refractivity contribution in [3.63, 3.8) is 0 Å². The highest BCUT2D eigenvalue weighted by molar-refractivity contribution is 4.96. The Morgan fingerprint density at radius 2 is 1.76 bits per heavy atom. The highest BCUT2D eigenvalue weighted by Crippen LogP contribution is 2.30. The summed E-state index contributed by atoms with van der Waals surface area (Å²) >= 11 is 0. The lowest BCUT2D eigenvalue weighted by Gasteiger charge is -2.32. The van der Waals surface area contributed by atoms with Crippen LogP contribution < -0.4 is 5.32 Å². The van der Waals surface area contributed by atoms with Gasteiger partial charge in [0.2, 0.25) is 0 Å². The summed E-state index contributed by atoms with van der Waals surface area (Å²) in [6.07, 6.45) is 3.16. The van der Waals surface area contributed by atoms with Gasteiger partial charge in [-0.1, -0.05) is 27.7 Å². The third-order valence-corrected chi connectivity index (χ3v) is 3.81. The predicted octanol–water partition coefficient (Wildman–Crippen LogP) is 2.27. The first-order valence-corrected chi connectivity index (χ1v) is 6.67. The van der Waals surface area contributed by atoms with E-state index in [1.807, 2.05) is 4.68 Å². The molecule has 1 atom stereocenters. The Kier molecular flexibility index (Phi) is 5.05. The van der Waals surface area contributed by atoms with Gasteiger partial charge in [-0.25, -0.2) is 4.68 Å². The minimum absolute atomic E-state index is 0.0581. The van der Waals surface area contributed by atoms with Crippen LogP contribution in [0.15, 0.2) is 0 Å². The van der Waals surface area contributed by atoms with E-state index in [9.17, 15) is 0 Å². The molecule has 1 heterocycles. The molecule has 17 heavy (non-hydrogen) atoms. The van der Waals surface area contributed by atoms with Gasteiger partial charge in [-0.05, 0) is 43.2 Å². The van der Waals surface area contributed by atoms with Crippen LogP contribution in [0.2, 0.25) is 0 Å². The normalized spacial score (nSPS) is 13.9. The number of hydrogen-bond acceptors (Lipinski definition) is 4. The molecule has 1 N–H and O–H groups in total. The number of hydrogen-bond donors (Lipinski definition) is 1. The SMILES string of the molecule is CCNC(C)c1nnnn1C(CC)(CC)CC. The van der Waals surface area contributed by atoms with Gasteiger partial charge in [-0.3, -0.25) is 0 Å². The summed E-state index contributed by atoms with van der Waals surface area (Å²) in [5, 5.41) is 15.6. The lowest BCUT2D eigenvalue weighted by molar-refractivity contribution is 0.208. The van der Waals surface area contributed by atoms with Gasteiger partial charge in [-0.2, -0.15) is 0 Å². The van der Waals surface area contributed by atoms with Crippen LogP contribution in [-0.4, -0.2) is 26.8 Å². The van der Waals surface area contributed by atoms with Crippen LogP contribution in [0.5, 0.6) is 0 Å². The second kappa shape index (κ2) is 6.10. The quantitative estimate of drug-likeness (QED) is 0.793. The monoisotopic (exact) mass is 239 g/mol. The van der Waals surface area contributed by atoms with Crippen LogP contribution in [0.1, 0.15) is 65.7 Å². The van der Waals surface area contributed by atoms with Crippen molar-refractivity contribution in [2.24, 2.45) is 0 Å². The summed E-state index contributed by atoms with van der Waals surface area (Å²) in [5.41, 5.74) is 0.0581. The Balaban J connectivity index is 3.08. The van der Waals surface area contributed by atoms with Crippen molar-refractivity contribution < 1.29 is 0 Å². The van der Waals surface area contributed by atoms with E-state index in [1.165, 1.54) is 0 Å². The molecule has 98 valence electrons. The number of tetrazole rings is 1. The fraction of sp³-hybridized carbons (Fsp3) is 0.917. The van der Waals surface area contributed by atoms with Crippen molar-refractivity contribution in [1.29, 1.82) is 0 Å². The van der Waals surface area contributed by atoms with Gasteiger partial charge in [0.15, 0.2) is 5.82 Å². The molecule has 1 aromatic heterocycles. The van der Waals surface area contributed by atoms with Crippen LogP contribution in [0.25, 0.3) is 0 Å². The second-order valence-corrected chi connectivity index (χ2v) is 4.51. The molecule has 0 radical (unpaired) electrons. The Labute approximate surface area is 104 Å². The van der Waals surface area contributed by atoms with E-state index >= 15 is 0 Å². The molecule has 0 spiro atoms. The molecular weight excluding hydrogens is 214 g/mol. The maximum absolute atomic E-state index is 4.22. The molecule has 1 aromatic rings. The minimum Gasteiger partial charge on any atom is -0.308 e. The lowest BCUT2D eigenvalue weighted by atomic mass is 9.89. The predicted molar refractivity (Wildman–Crippen MR) is 68.8 cm³/mol. The van der Waals surface area contributed by atoms with Gasteiger partial charge in [0.1, 0.15) is 0 Å². The van der Waals surface area contributed by atoms with Gasteiger partial charge in [0, 0.05) is 0 Å². The molecule has 0 fully saturated rings. The van der Waals surface area contributed by atoms with Crippen molar-refractivity contribution in [1.82, 2.24) is 25.5 Å². The molecular formula is C12H25N5. The standard InChI is InChI=1S/C12H25N5/c1-6-12(7-2,8-3)17-11(14-15-16-17)10(5)13-9-4/h10,13H,6-9H2,1-5H3. The third kappa shape index (κ3) is 2.65. The minimum atomic E-state index is 0.0581. The summed E-state index contributed by atoms with van der Waals surface area (Å²) in [7, 11) is 0. The largest absolute Gasteiger partial charge is 0.308 e. The number of rotatable bonds is 7. The van der Waals surface area contributed by atoms with E-state index in [0.29, 0.717) is 0 Å². The van der Waals surface area contributed by atoms with Crippen molar-refractivity contribution in [3.05, 3.63) is 5.82 Å². The number of nitrogens with one attached hydrogen (secondary N) is 1. The molecule has 0 saturated carbocycles. The average Bonchev–Trinajstić information content (AvgIpc) is 2.82. The average molecular weight is 239 g/mol. The van der Waals surface area contributed by atoms with Crippen molar-refractivity contribution in [2.75, 3.05) is 6.54 Å². The second-order valence-electron chi connectivity index (χ2n) is 4.51. The maximum Gasteiger partial charge on any atom is 0.168 e. The summed E-state index contributed by atoms with van der Waals surface area (Å²) in [6, 6.07) is 0.194. The number of aromatic nitrogens is 4. The van der Waals surface area contributed by atoms with E-state index < -0.39 is 0 Å². The Morgan fingerprint density at radius 1 is 1.18 bits per heavy atom. The summed E-state index contributed by atoms with van der Waals surface area (Å²) < 4.78 is 2.03. The van der Waals surface area contributed by atoms with E-state index in [4.69, 9.17) is 0 Å². The highest BCUT2D eigenvalue weighted by atomic mass is 15.6. The molecule has 0 amide bonds. The zero-order valence-corrected chi connectivity index (χ0v) is 11.7. The van der Waals surface area contributed by atoms with Crippen LogP contribution in [-0.2, 0) is 5.54 Å².